The number of halogens is 2. The van der Waals surface area contributed by atoms with Gasteiger partial charge in [0.1, 0.15) is 35.6 Å². The number of hydrogen-bond acceptors (Lipinski definition) is 5. The summed E-state index contributed by atoms with van der Waals surface area (Å²) >= 11 is 0. The lowest BCUT2D eigenvalue weighted by atomic mass is 9.97. The molecule has 0 bridgehead atoms. The lowest BCUT2D eigenvalue weighted by Gasteiger charge is -2.24. The van der Waals surface area contributed by atoms with Crippen LogP contribution in [0.1, 0.15) is 11.1 Å². The molecular weight excluding hydrogens is 641 g/mol. The molecule has 1 aliphatic heterocycles. The maximum Gasteiger partial charge on any atom is 0.149 e. The van der Waals surface area contributed by atoms with Gasteiger partial charge in [-0.2, -0.15) is 0 Å². The first-order valence-corrected chi connectivity index (χ1v) is 16.7. The van der Waals surface area contributed by atoms with Gasteiger partial charge in [-0.25, -0.2) is 13.8 Å². The van der Waals surface area contributed by atoms with Crippen molar-refractivity contribution >= 4 is 44.6 Å². The van der Waals surface area contributed by atoms with Crippen LogP contribution in [0, 0.1) is 25.5 Å². The predicted octanol–water partition coefficient (Wildman–Crippen LogP) is 11.2. The largest absolute Gasteiger partial charge is 0.457 e. The van der Waals surface area contributed by atoms with Crippen molar-refractivity contribution in [3.05, 3.63) is 163 Å². The van der Waals surface area contributed by atoms with Crippen molar-refractivity contribution in [2.24, 2.45) is 0 Å². The van der Waals surface area contributed by atoms with Crippen LogP contribution in [-0.4, -0.2) is 21.2 Å². The first-order valence-electron chi connectivity index (χ1n) is 16.7. The molecule has 0 atom stereocenters. The maximum atomic E-state index is 15.2. The lowest BCUT2D eigenvalue weighted by molar-refractivity contribution is 0.483. The molecule has 8 aromatic rings. The minimum atomic E-state index is -0.619. The molecule has 0 fully saturated rings. The summed E-state index contributed by atoms with van der Waals surface area (Å²) in [6.45, 7) is 4.42. The van der Waals surface area contributed by atoms with Gasteiger partial charge in [-0.15, -0.1) is 0 Å². The van der Waals surface area contributed by atoms with E-state index in [4.69, 9.17) is 4.74 Å². The summed E-state index contributed by atoms with van der Waals surface area (Å²) in [4.78, 5) is 13.1. The second kappa shape index (κ2) is 12.1. The second-order valence-corrected chi connectivity index (χ2v) is 12.8. The van der Waals surface area contributed by atoms with Gasteiger partial charge in [0.15, 0.2) is 0 Å². The molecule has 1 aliphatic rings. The summed E-state index contributed by atoms with van der Waals surface area (Å²) in [7, 11) is 0. The first kappa shape index (κ1) is 30.5. The number of rotatable bonds is 6. The Morgan fingerprint density at radius 1 is 0.627 bits per heavy atom. The number of anilines is 4. The Kier molecular flexibility index (Phi) is 7.24. The maximum absolute atomic E-state index is 15.2. The van der Waals surface area contributed by atoms with Gasteiger partial charge in [0.2, 0.25) is 0 Å². The second-order valence-electron chi connectivity index (χ2n) is 12.8. The predicted molar refractivity (Wildman–Crippen MR) is 200 cm³/mol. The van der Waals surface area contributed by atoms with Crippen molar-refractivity contribution < 1.29 is 13.5 Å². The molecule has 248 valence electrons. The van der Waals surface area contributed by atoms with Gasteiger partial charge in [-0.3, -0.25) is 9.55 Å². The molecule has 4 heterocycles. The monoisotopic (exact) mass is 671 g/mol. The number of benzene rings is 5. The summed E-state index contributed by atoms with van der Waals surface area (Å²) in [6.07, 6.45) is 5.53. The standard InChI is InChI=1S/C43H31F2N5O/c1-27-24-46-25-28(2)43(27)29-19-31(48-26-49(40-12-6-5-11-39(40)48)38-17-14-30(44)21-36(38)45)22-33(20-29)51-32-15-16-35-34-9-3-4-10-37(34)50(41(35)23-32)42-13-7-8-18-47-42/h3-25H,26H2,1-2H3. The molecule has 9 rings (SSSR count). The highest BCUT2D eigenvalue weighted by Gasteiger charge is 2.30. The Balaban J connectivity index is 1.18. The molecule has 0 radical (unpaired) electrons. The number of pyridine rings is 2. The quantitative estimate of drug-likeness (QED) is 0.176. The lowest BCUT2D eigenvalue weighted by Crippen LogP contribution is -2.24. The van der Waals surface area contributed by atoms with Crippen molar-refractivity contribution in [3.8, 4) is 28.4 Å². The summed E-state index contributed by atoms with van der Waals surface area (Å²) < 4.78 is 38.0. The summed E-state index contributed by atoms with van der Waals surface area (Å²) in [5, 5.41) is 2.23. The number of hydrogen-bond donors (Lipinski definition) is 0. The van der Waals surface area contributed by atoms with Gasteiger partial charge in [-0.05, 0) is 103 Å². The smallest absolute Gasteiger partial charge is 0.149 e. The summed E-state index contributed by atoms with van der Waals surface area (Å²) in [5.41, 5.74) is 9.03. The van der Waals surface area contributed by atoms with Crippen molar-refractivity contribution in [1.82, 2.24) is 14.5 Å². The van der Waals surface area contributed by atoms with Crippen LogP contribution in [0.3, 0.4) is 0 Å². The highest BCUT2D eigenvalue weighted by Crippen LogP contribution is 2.47. The molecule has 5 aromatic carbocycles. The van der Waals surface area contributed by atoms with E-state index in [1.807, 2.05) is 84.0 Å². The van der Waals surface area contributed by atoms with Crippen LogP contribution in [0.4, 0.5) is 31.5 Å². The van der Waals surface area contributed by atoms with E-state index in [0.29, 0.717) is 23.9 Å². The zero-order valence-corrected chi connectivity index (χ0v) is 27.9. The van der Waals surface area contributed by atoms with Gasteiger partial charge in [0.25, 0.3) is 0 Å². The third kappa shape index (κ3) is 5.23. The van der Waals surface area contributed by atoms with Crippen LogP contribution in [0.15, 0.2) is 140 Å². The van der Waals surface area contributed by atoms with E-state index in [1.165, 1.54) is 12.1 Å². The Labute approximate surface area is 293 Å². The number of nitrogens with zero attached hydrogens (tertiary/aromatic N) is 5. The minimum absolute atomic E-state index is 0.302. The average Bonchev–Trinajstić information content (AvgIpc) is 3.68. The molecule has 0 unspecified atom stereocenters. The van der Waals surface area contributed by atoms with Crippen LogP contribution in [0.25, 0.3) is 38.8 Å². The van der Waals surface area contributed by atoms with Crippen LogP contribution >= 0.6 is 0 Å². The number of aryl methyl sites for hydroxylation is 2. The third-order valence-corrected chi connectivity index (χ3v) is 9.52. The highest BCUT2D eigenvalue weighted by molar-refractivity contribution is 6.09. The fourth-order valence-electron chi connectivity index (χ4n) is 7.32. The Morgan fingerprint density at radius 2 is 1.37 bits per heavy atom. The van der Waals surface area contributed by atoms with Gasteiger partial charge in [-0.1, -0.05) is 36.4 Å². The van der Waals surface area contributed by atoms with Crippen LogP contribution in [-0.2, 0) is 0 Å². The molecule has 0 aliphatic carbocycles. The number of para-hydroxylation sites is 3. The van der Waals surface area contributed by atoms with E-state index in [2.05, 4.69) is 69.7 Å². The molecule has 0 N–H and O–H groups in total. The molecular formula is C43H31F2N5O. The molecule has 0 saturated heterocycles. The summed E-state index contributed by atoms with van der Waals surface area (Å²) in [5.74, 6) is 0.902. The van der Waals surface area contributed by atoms with Crippen molar-refractivity contribution in [3.63, 3.8) is 0 Å². The highest BCUT2D eigenvalue weighted by atomic mass is 19.1. The molecule has 0 saturated carbocycles. The fourth-order valence-corrected chi connectivity index (χ4v) is 7.32. The first-order chi connectivity index (χ1) is 24.9. The van der Waals surface area contributed by atoms with Gasteiger partial charge in [0, 0.05) is 53.2 Å². The van der Waals surface area contributed by atoms with E-state index in [1.54, 1.807) is 6.20 Å². The normalized spacial score (nSPS) is 12.5. The Bertz CT molecular complexity index is 2600. The number of fused-ring (bicyclic) bond motifs is 4. The SMILES string of the molecule is Cc1cncc(C)c1-c1cc(Oc2ccc3c4ccccc4n(-c4ccccn4)c3c2)cc(N2CN(c3ccc(F)cc3F)c3ccccc32)c1. The Hall–Kier alpha value is -6.54. The van der Waals surface area contributed by atoms with E-state index in [9.17, 15) is 4.39 Å². The summed E-state index contributed by atoms with van der Waals surface area (Å²) in [6, 6.07) is 38.1. The van der Waals surface area contributed by atoms with E-state index in [0.717, 1.165) is 73.0 Å². The molecule has 51 heavy (non-hydrogen) atoms. The fraction of sp³-hybridized carbons (Fsp3) is 0.0698. The average molecular weight is 672 g/mol. The van der Waals surface area contributed by atoms with E-state index in [-0.39, 0.29) is 0 Å². The topological polar surface area (TPSA) is 46.4 Å². The van der Waals surface area contributed by atoms with Crippen LogP contribution in [0.2, 0.25) is 0 Å². The van der Waals surface area contributed by atoms with Gasteiger partial charge in [0.05, 0.1) is 28.1 Å². The molecule has 0 spiro atoms. The molecule has 8 heteroatoms. The van der Waals surface area contributed by atoms with Gasteiger partial charge < -0.3 is 14.5 Å². The van der Waals surface area contributed by atoms with E-state index >= 15 is 4.39 Å². The zero-order valence-electron chi connectivity index (χ0n) is 27.9. The Morgan fingerprint density at radius 3 is 2.16 bits per heavy atom. The van der Waals surface area contributed by atoms with E-state index < -0.39 is 11.6 Å². The zero-order chi connectivity index (χ0) is 34.6. The van der Waals surface area contributed by atoms with Crippen LogP contribution < -0.4 is 14.5 Å². The minimum Gasteiger partial charge on any atom is -0.457 e. The van der Waals surface area contributed by atoms with Crippen LogP contribution in [0.5, 0.6) is 11.5 Å². The molecule has 6 nitrogen and oxygen atoms in total. The van der Waals surface area contributed by atoms with Crippen molar-refractivity contribution in [1.29, 1.82) is 0 Å². The van der Waals surface area contributed by atoms with Crippen molar-refractivity contribution in [2.45, 2.75) is 13.8 Å². The number of aromatic nitrogens is 3. The number of ether oxygens (including phenoxy) is 1. The third-order valence-electron chi connectivity index (χ3n) is 9.52. The van der Waals surface area contributed by atoms with Crippen molar-refractivity contribution in [2.75, 3.05) is 16.5 Å². The van der Waals surface area contributed by atoms with Gasteiger partial charge >= 0.3 is 0 Å². The molecule has 3 aromatic heterocycles. The molecule has 0 amide bonds.